The molecule has 3 saturated heterocycles. The number of fused-ring (bicyclic) bond motifs is 7. The summed E-state index contributed by atoms with van der Waals surface area (Å²) in [6.07, 6.45) is 1.72. The van der Waals surface area contributed by atoms with E-state index in [0.717, 1.165) is 29.7 Å². The highest BCUT2D eigenvalue weighted by atomic mass is 35.5. The number of anilines is 2. The van der Waals surface area contributed by atoms with E-state index in [1.807, 2.05) is 25.1 Å². The van der Waals surface area contributed by atoms with E-state index in [0.29, 0.717) is 17.3 Å². The highest BCUT2D eigenvalue weighted by Gasteiger charge is 2.74. The Morgan fingerprint density at radius 3 is 2.60 bits per heavy atom. The Morgan fingerprint density at radius 2 is 1.83 bits per heavy atom. The monoisotopic (exact) mass is 421 g/mol. The zero-order chi connectivity index (χ0) is 20.8. The Kier molecular flexibility index (Phi) is 3.58. The fourth-order valence-electron chi connectivity index (χ4n) is 6.16. The van der Waals surface area contributed by atoms with Crippen molar-refractivity contribution in [3.63, 3.8) is 0 Å². The number of amides is 3. The van der Waals surface area contributed by atoms with Crippen LogP contribution in [-0.2, 0) is 19.9 Å². The third kappa shape index (κ3) is 2.01. The molecule has 0 radical (unpaired) electrons. The van der Waals surface area contributed by atoms with Crippen LogP contribution in [0.4, 0.5) is 11.4 Å². The van der Waals surface area contributed by atoms with Crippen LogP contribution in [0.25, 0.3) is 0 Å². The summed E-state index contributed by atoms with van der Waals surface area (Å²) in [5.74, 6) is -1.95. The quantitative estimate of drug-likeness (QED) is 0.718. The SMILES string of the molecule is Cc1ccc2c(c1)[C@@]1(C(=O)N2)[C@@H]2C(=O)N(c3ccc(Cl)cc3)C(=O)[C@@H]2[C@H]2CCCN21. The van der Waals surface area contributed by atoms with E-state index in [1.165, 1.54) is 4.90 Å². The number of hydrogen-bond acceptors (Lipinski definition) is 4. The summed E-state index contributed by atoms with van der Waals surface area (Å²) in [6, 6.07) is 12.4. The lowest BCUT2D eigenvalue weighted by Gasteiger charge is -2.36. The van der Waals surface area contributed by atoms with E-state index in [-0.39, 0.29) is 23.8 Å². The summed E-state index contributed by atoms with van der Waals surface area (Å²) >= 11 is 6.00. The smallest absolute Gasteiger partial charge is 0.250 e. The Morgan fingerprint density at radius 1 is 1.07 bits per heavy atom. The van der Waals surface area contributed by atoms with Crippen LogP contribution in [0.5, 0.6) is 0 Å². The molecule has 0 aromatic heterocycles. The maximum Gasteiger partial charge on any atom is 0.250 e. The molecule has 1 N–H and O–H groups in total. The van der Waals surface area contributed by atoms with Crippen molar-refractivity contribution in [3.05, 3.63) is 58.6 Å². The van der Waals surface area contributed by atoms with Crippen molar-refractivity contribution in [2.45, 2.75) is 31.3 Å². The van der Waals surface area contributed by atoms with Crippen molar-refractivity contribution in [2.24, 2.45) is 11.8 Å². The van der Waals surface area contributed by atoms with Crippen LogP contribution >= 0.6 is 11.6 Å². The second-order valence-corrected chi connectivity index (χ2v) is 9.10. The number of hydrogen-bond donors (Lipinski definition) is 1. The van der Waals surface area contributed by atoms with Gasteiger partial charge in [0.05, 0.1) is 17.5 Å². The normalized spacial score (nSPS) is 32.0. The Labute approximate surface area is 178 Å². The number of benzene rings is 2. The molecule has 1 spiro atoms. The number of carbonyl (C=O) groups is 3. The molecule has 3 amide bonds. The largest absolute Gasteiger partial charge is 0.324 e. The van der Waals surface area contributed by atoms with E-state index < -0.39 is 17.4 Å². The number of halogens is 1. The molecule has 152 valence electrons. The summed E-state index contributed by atoms with van der Waals surface area (Å²) in [7, 11) is 0. The van der Waals surface area contributed by atoms with Crippen LogP contribution < -0.4 is 10.2 Å². The third-order valence-electron chi connectivity index (χ3n) is 7.23. The highest BCUT2D eigenvalue weighted by molar-refractivity contribution is 6.31. The Bertz CT molecular complexity index is 1130. The zero-order valence-electron chi connectivity index (χ0n) is 16.4. The molecule has 4 heterocycles. The van der Waals surface area contributed by atoms with E-state index in [4.69, 9.17) is 11.6 Å². The summed E-state index contributed by atoms with van der Waals surface area (Å²) in [5, 5.41) is 3.54. The molecule has 0 saturated carbocycles. The highest BCUT2D eigenvalue weighted by Crippen LogP contribution is 2.60. The zero-order valence-corrected chi connectivity index (χ0v) is 17.1. The van der Waals surface area contributed by atoms with Gasteiger partial charge in [0.2, 0.25) is 17.7 Å². The number of aryl methyl sites for hydroxylation is 1. The van der Waals surface area contributed by atoms with Crippen LogP contribution in [0, 0.1) is 18.8 Å². The maximum atomic E-state index is 13.8. The van der Waals surface area contributed by atoms with Crippen molar-refractivity contribution in [2.75, 3.05) is 16.8 Å². The first kappa shape index (κ1) is 18.1. The first-order valence-electron chi connectivity index (χ1n) is 10.3. The van der Waals surface area contributed by atoms with Crippen molar-refractivity contribution < 1.29 is 14.4 Å². The van der Waals surface area contributed by atoms with Gasteiger partial charge < -0.3 is 5.32 Å². The van der Waals surface area contributed by atoms with Gasteiger partial charge in [-0.3, -0.25) is 19.3 Å². The van der Waals surface area contributed by atoms with Gasteiger partial charge in [-0.1, -0.05) is 29.3 Å². The van der Waals surface area contributed by atoms with Crippen LogP contribution in [-0.4, -0.2) is 35.2 Å². The minimum absolute atomic E-state index is 0.110. The standard InChI is InChI=1S/C23H20ClN3O3/c1-12-4-9-16-15(11-12)23(22(30)25-16)19-18(17-3-2-10-26(17)23)20(28)27(21(19)29)14-7-5-13(24)6-8-14/h4-9,11,17-19H,2-3,10H2,1H3,(H,25,30)/t17-,18-,19+,23+/m1/s1. The van der Waals surface area contributed by atoms with Gasteiger partial charge in [-0.05, 0) is 56.6 Å². The van der Waals surface area contributed by atoms with Gasteiger partial charge in [0.1, 0.15) is 5.54 Å². The molecule has 3 fully saturated rings. The number of imide groups is 1. The van der Waals surface area contributed by atoms with E-state index >= 15 is 0 Å². The maximum absolute atomic E-state index is 13.8. The minimum atomic E-state index is -1.12. The second kappa shape index (κ2) is 5.93. The second-order valence-electron chi connectivity index (χ2n) is 8.66. The molecule has 4 aliphatic heterocycles. The van der Waals surface area contributed by atoms with Gasteiger partial charge in [-0.25, -0.2) is 4.90 Å². The van der Waals surface area contributed by atoms with Gasteiger partial charge in [0.25, 0.3) is 0 Å². The molecule has 6 rings (SSSR count). The van der Waals surface area contributed by atoms with Crippen molar-refractivity contribution in [3.8, 4) is 0 Å². The van der Waals surface area contributed by atoms with Crippen molar-refractivity contribution >= 4 is 40.7 Å². The number of rotatable bonds is 1. The average Bonchev–Trinajstić information content (AvgIpc) is 3.42. The topological polar surface area (TPSA) is 69.7 Å². The van der Waals surface area contributed by atoms with Crippen LogP contribution in [0.15, 0.2) is 42.5 Å². The van der Waals surface area contributed by atoms with Crippen LogP contribution in [0.2, 0.25) is 5.02 Å². The fraction of sp³-hybridized carbons (Fsp3) is 0.348. The van der Waals surface area contributed by atoms with Crippen LogP contribution in [0.1, 0.15) is 24.0 Å². The Hall–Kier alpha value is -2.70. The van der Waals surface area contributed by atoms with Gasteiger partial charge in [0, 0.05) is 22.3 Å². The van der Waals surface area contributed by atoms with Gasteiger partial charge >= 0.3 is 0 Å². The lowest BCUT2D eigenvalue weighted by atomic mass is 9.75. The lowest BCUT2D eigenvalue weighted by Crippen LogP contribution is -2.54. The summed E-state index contributed by atoms with van der Waals surface area (Å²) < 4.78 is 0. The van der Waals surface area contributed by atoms with E-state index in [1.54, 1.807) is 24.3 Å². The molecule has 6 nitrogen and oxygen atoms in total. The lowest BCUT2D eigenvalue weighted by molar-refractivity contribution is -0.135. The number of nitrogens with zero attached hydrogens (tertiary/aromatic N) is 2. The molecule has 30 heavy (non-hydrogen) atoms. The molecule has 0 unspecified atom stereocenters. The van der Waals surface area contributed by atoms with Crippen LogP contribution in [0.3, 0.4) is 0 Å². The molecular weight excluding hydrogens is 402 g/mol. The number of carbonyl (C=O) groups excluding carboxylic acids is 3. The summed E-state index contributed by atoms with van der Waals surface area (Å²) in [5.41, 5.74) is 1.97. The first-order valence-corrected chi connectivity index (χ1v) is 10.6. The van der Waals surface area contributed by atoms with Gasteiger partial charge in [-0.15, -0.1) is 0 Å². The van der Waals surface area contributed by atoms with Crippen molar-refractivity contribution in [1.29, 1.82) is 0 Å². The minimum Gasteiger partial charge on any atom is -0.324 e. The molecule has 2 aromatic rings. The molecule has 7 heteroatoms. The van der Waals surface area contributed by atoms with E-state index in [2.05, 4.69) is 10.2 Å². The fourth-order valence-corrected chi connectivity index (χ4v) is 6.29. The predicted molar refractivity (Wildman–Crippen MR) is 112 cm³/mol. The average molecular weight is 422 g/mol. The summed E-state index contributed by atoms with van der Waals surface area (Å²) in [6.45, 7) is 2.69. The molecule has 2 aromatic carbocycles. The van der Waals surface area contributed by atoms with Crippen molar-refractivity contribution in [1.82, 2.24) is 4.90 Å². The molecule has 0 aliphatic carbocycles. The molecule has 4 atom stereocenters. The van der Waals surface area contributed by atoms with Gasteiger partial charge in [0.15, 0.2) is 0 Å². The molecule has 0 bridgehead atoms. The summed E-state index contributed by atoms with van der Waals surface area (Å²) in [4.78, 5) is 44.3. The first-order chi connectivity index (χ1) is 14.4. The third-order valence-corrected chi connectivity index (χ3v) is 7.48. The predicted octanol–water partition coefficient (Wildman–Crippen LogP) is 3.08. The van der Waals surface area contributed by atoms with Gasteiger partial charge in [-0.2, -0.15) is 0 Å². The Balaban J connectivity index is 1.56. The molecule has 4 aliphatic rings. The van der Waals surface area contributed by atoms with E-state index in [9.17, 15) is 14.4 Å². The molecular formula is C23H20ClN3O3. The number of nitrogens with one attached hydrogen (secondary N) is 1.